The molecule has 1 aliphatic rings. The molecule has 1 atom stereocenters. The van der Waals surface area contributed by atoms with E-state index in [-0.39, 0.29) is 5.91 Å². The second-order valence-corrected chi connectivity index (χ2v) is 7.20. The maximum Gasteiger partial charge on any atom is 0.242 e. The van der Waals surface area contributed by atoms with Gasteiger partial charge in [0, 0.05) is 6.54 Å². The van der Waals surface area contributed by atoms with Gasteiger partial charge in [-0.2, -0.15) is 0 Å². The van der Waals surface area contributed by atoms with Gasteiger partial charge in [-0.15, -0.1) is 0 Å². The van der Waals surface area contributed by atoms with Gasteiger partial charge < -0.3 is 10.6 Å². The second kappa shape index (κ2) is 7.03. The maximum absolute atomic E-state index is 13.5. The highest BCUT2D eigenvalue weighted by molar-refractivity contribution is 7.92. The normalized spacial score (nSPS) is 18.9. The average molecular weight is 346 g/mol. The van der Waals surface area contributed by atoms with Crippen LogP contribution in [0.3, 0.4) is 0 Å². The minimum atomic E-state index is -4.35. The fourth-order valence-corrected chi connectivity index (χ4v) is 3.52. The van der Waals surface area contributed by atoms with Crippen molar-refractivity contribution in [2.24, 2.45) is 0 Å². The molecular weight excluding hydrogens is 330 g/mol. The van der Waals surface area contributed by atoms with E-state index in [2.05, 4.69) is 10.6 Å². The summed E-state index contributed by atoms with van der Waals surface area (Å²) < 4.78 is 50.7. The number of carbonyl (C=O) groups is 2. The van der Waals surface area contributed by atoms with E-state index in [1.165, 1.54) is 0 Å². The molecule has 0 bridgehead atoms. The third kappa shape index (κ3) is 4.47. The van der Waals surface area contributed by atoms with Crippen molar-refractivity contribution in [3.05, 3.63) is 29.8 Å². The Balaban J connectivity index is 2.09. The minimum Gasteiger partial charge on any atom is -0.354 e. The van der Waals surface area contributed by atoms with Crippen molar-refractivity contribution in [3.63, 3.8) is 0 Å². The zero-order valence-corrected chi connectivity index (χ0v) is 13.0. The first-order valence-corrected chi connectivity index (χ1v) is 8.70. The summed E-state index contributed by atoms with van der Waals surface area (Å²) >= 11 is 0. The maximum atomic E-state index is 13.5. The molecule has 0 saturated carbocycles. The van der Waals surface area contributed by atoms with Crippen molar-refractivity contribution < 1.29 is 26.8 Å². The van der Waals surface area contributed by atoms with Gasteiger partial charge in [0.25, 0.3) is 0 Å². The third-order valence-corrected chi connectivity index (χ3v) is 5.05. The number of amides is 2. The lowest BCUT2D eigenvalue weighted by Crippen LogP contribution is -2.47. The predicted octanol–water partition coefficient (Wildman–Crippen LogP) is 0.523. The summed E-state index contributed by atoms with van der Waals surface area (Å²) in [5, 5.41) is 4.92. The Kier molecular flexibility index (Phi) is 5.30. The largest absolute Gasteiger partial charge is 0.354 e. The quantitative estimate of drug-likeness (QED) is 0.831. The molecule has 1 aromatic carbocycles. The second-order valence-electron chi connectivity index (χ2n) is 5.24. The molecule has 23 heavy (non-hydrogen) atoms. The Bertz CT molecular complexity index is 721. The Labute approximate surface area is 132 Å². The SMILES string of the molecule is O=C(CS(=O)(=O)c1cc(F)ccc1F)N[C@@H]1CCCCNC1=O. The van der Waals surface area contributed by atoms with Crippen LogP contribution >= 0.6 is 0 Å². The van der Waals surface area contributed by atoms with Gasteiger partial charge in [0.1, 0.15) is 28.3 Å². The van der Waals surface area contributed by atoms with Gasteiger partial charge in [-0.1, -0.05) is 0 Å². The monoisotopic (exact) mass is 346 g/mol. The standard InChI is InChI=1S/C14H16F2N2O4S/c15-9-4-5-10(16)12(7-9)23(21,22)8-13(19)18-11-3-1-2-6-17-14(11)20/h4-5,7,11H,1-3,6,8H2,(H,17,20)(H,18,19)/t11-/m1/s1. The number of hydrogen-bond donors (Lipinski definition) is 2. The van der Waals surface area contributed by atoms with Gasteiger partial charge in [-0.3, -0.25) is 9.59 Å². The number of halogens is 2. The molecule has 0 unspecified atom stereocenters. The molecular formula is C14H16F2N2O4S. The Morgan fingerprint density at radius 3 is 2.78 bits per heavy atom. The highest BCUT2D eigenvalue weighted by Gasteiger charge is 2.27. The summed E-state index contributed by atoms with van der Waals surface area (Å²) in [5.74, 6) is -4.43. The number of carbonyl (C=O) groups excluding carboxylic acids is 2. The summed E-state index contributed by atoms with van der Waals surface area (Å²) in [6.07, 6.45) is 1.87. The highest BCUT2D eigenvalue weighted by Crippen LogP contribution is 2.17. The van der Waals surface area contributed by atoms with Gasteiger partial charge in [0.15, 0.2) is 9.84 Å². The van der Waals surface area contributed by atoms with E-state index < -0.39 is 44.1 Å². The van der Waals surface area contributed by atoms with E-state index in [0.717, 1.165) is 12.5 Å². The predicted molar refractivity (Wildman–Crippen MR) is 77.2 cm³/mol. The van der Waals surface area contributed by atoms with Crippen molar-refractivity contribution in [1.82, 2.24) is 10.6 Å². The van der Waals surface area contributed by atoms with Crippen LogP contribution in [-0.2, 0) is 19.4 Å². The van der Waals surface area contributed by atoms with Crippen LogP contribution in [0.1, 0.15) is 19.3 Å². The van der Waals surface area contributed by atoms with E-state index in [1.54, 1.807) is 0 Å². The Morgan fingerprint density at radius 2 is 2.04 bits per heavy atom. The first kappa shape index (κ1) is 17.3. The lowest BCUT2D eigenvalue weighted by atomic mass is 10.1. The van der Waals surface area contributed by atoms with Gasteiger partial charge in [-0.05, 0) is 37.5 Å². The van der Waals surface area contributed by atoms with Crippen LogP contribution in [0.25, 0.3) is 0 Å². The van der Waals surface area contributed by atoms with Gasteiger partial charge >= 0.3 is 0 Å². The molecule has 9 heteroatoms. The molecule has 1 aromatic rings. The molecule has 126 valence electrons. The zero-order valence-electron chi connectivity index (χ0n) is 12.1. The van der Waals surface area contributed by atoms with Crippen molar-refractivity contribution in [3.8, 4) is 0 Å². The number of hydrogen-bond acceptors (Lipinski definition) is 4. The topological polar surface area (TPSA) is 92.3 Å². The fraction of sp³-hybridized carbons (Fsp3) is 0.429. The van der Waals surface area contributed by atoms with Crippen LogP contribution in [0.5, 0.6) is 0 Å². The Hall–Kier alpha value is -2.03. The summed E-state index contributed by atoms with van der Waals surface area (Å²) in [5.41, 5.74) is 0. The number of rotatable bonds is 4. The van der Waals surface area contributed by atoms with E-state index in [9.17, 15) is 26.8 Å². The number of nitrogens with one attached hydrogen (secondary N) is 2. The third-order valence-electron chi connectivity index (χ3n) is 3.42. The lowest BCUT2D eigenvalue weighted by molar-refractivity contribution is -0.127. The van der Waals surface area contributed by atoms with Crippen LogP contribution in [0, 0.1) is 11.6 Å². The molecule has 2 amide bonds. The van der Waals surface area contributed by atoms with Crippen LogP contribution in [0.2, 0.25) is 0 Å². The van der Waals surface area contributed by atoms with Crippen molar-refractivity contribution in [1.29, 1.82) is 0 Å². The smallest absolute Gasteiger partial charge is 0.242 e. The molecule has 1 saturated heterocycles. The van der Waals surface area contributed by atoms with E-state index >= 15 is 0 Å². The molecule has 0 aliphatic carbocycles. The first-order valence-electron chi connectivity index (χ1n) is 7.04. The van der Waals surface area contributed by atoms with E-state index in [1.807, 2.05) is 0 Å². The molecule has 0 spiro atoms. The van der Waals surface area contributed by atoms with Crippen LogP contribution in [0.15, 0.2) is 23.1 Å². The van der Waals surface area contributed by atoms with Gasteiger partial charge in [-0.25, -0.2) is 17.2 Å². The van der Waals surface area contributed by atoms with Gasteiger partial charge in [0.2, 0.25) is 11.8 Å². The Morgan fingerprint density at radius 1 is 1.30 bits per heavy atom. The van der Waals surface area contributed by atoms with Crippen molar-refractivity contribution in [2.75, 3.05) is 12.3 Å². The number of sulfone groups is 1. The van der Waals surface area contributed by atoms with Crippen LogP contribution in [-0.4, -0.2) is 38.6 Å². The van der Waals surface area contributed by atoms with Crippen molar-refractivity contribution >= 4 is 21.7 Å². The summed E-state index contributed by atoms with van der Waals surface area (Å²) in [4.78, 5) is 22.7. The first-order chi connectivity index (χ1) is 10.8. The average Bonchev–Trinajstić information content (AvgIpc) is 2.66. The van der Waals surface area contributed by atoms with Gasteiger partial charge in [0.05, 0.1) is 0 Å². The number of benzene rings is 1. The highest BCUT2D eigenvalue weighted by atomic mass is 32.2. The van der Waals surface area contributed by atoms with E-state index in [0.29, 0.717) is 31.5 Å². The molecule has 1 fully saturated rings. The molecule has 0 radical (unpaired) electrons. The molecule has 0 aromatic heterocycles. The summed E-state index contributed by atoms with van der Waals surface area (Å²) in [6, 6.07) is 1.16. The van der Waals surface area contributed by atoms with Crippen LogP contribution < -0.4 is 10.6 Å². The molecule has 2 rings (SSSR count). The minimum absolute atomic E-state index is 0.384. The molecule has 1 aliphatic heterocycles. The zero-order chi connectivity index (χ0) is 17.0. The lowest BCUT2D eigenvalue weighted by Gasteiger charge is -2.15. The fourth-order valence-electron chi connectivity index (χ4n) is 2.28. The molecule has 1 heterocycles. The van der Waals surface area contributed by atoms with Crippen molar-refractivity contribution in [2.45, 2.75) is 30.2 Å². The van der Waals surface area contributed by atoms with E-state index in [4.69, 9.17) is 0 Å². The molecule has 6 nitrogen and oxygen atoms in total. The van der Waals surface area contributed by atoms with Crippen LogP contribution in [0.4, 0.5) is 8.78 Å². The molecule has 2 N–H and O–H groups in total. The summed E-state index contributed by atoms with van der Waals surface area (Å²) in [7, 11) is -4.35. The summed E-state index contributed by atoms with van der Waals surface area (Å²) in [6.45, 7) is 0.498.